The molecule has 8 heteroatoms. The second-order valence-corrected chi connectivity index (χ2v) is 7.53. The van der Waals surface area contributed by atoms with Gasteiger partial charge in [-0.3, -0.25) is 4.79 Å². The van der Waals surface area contributed by atoms with E-state index in [2.05, 4.69) is 5.32 Å². The fourth-order valence-corrected chi connectivity index (χ4v) is 3.47. The van der Waals surface area contributed by atoms with Crippen molar-refractivity contribution in [1.29, 1.82) is 0 Å². The van der Waals surface area contributed by atoms with Gasteiger partial charge < -0.3 is 24.5 Å². The molecule has 1 aromatic carbocycles. The van der Waals surface area contributed by atoms with E-state index in [4.69, 9.17) is 14.1 Å². The molecular weight excluding hydrogens is 349 g/mol. The van der Waals surface area contributed by atoms with Gasteiger partial charge in [-0.15, -0.1) is 0 Å². The number of ether oxygens (including phenoxy) is 2. The van der Waals surface area contributed by atoms with Gasteiger partial charge in [0.15, 0.2) is 0 Å². The molecule has 2 aliphatic rings. The van der Waals surface area contributed by atoms with Gasteiger partial charge in [0.25, 0.3) is 5.91 Å². The topological polar surface area (TPSA) is 94.1 Å². The van der Waals surface area contributed by atoms with Gasteiger partial charge in [0, 0.05) is 18.1 Å². The molecule has 7 nitrogen and oxygen atoms in total. The smallest absolute Gasteiger partial charge is 0.464 e. The Bertz CT molecular complexity index is 716. The van der Waals surface area contributed by atoms with Crippen LogP contribution < -0.4 is 10.8 Å². The summed E-state index contributed by atoms with van der Waals surface area (Å²) in [5, 5.41) is 12.7. The molecule has 146 valence electrons. The highest BCUT2D eigenvalue weighted by atomic mass is 16.5. The van der Waals surface area contributed by atoms with Crippen molar-refractivity contribution in [3.8, 4) is 0 Å². The summed E-state index contributed by atoms with van der Waals surface area (Å²) >= 11 is 0. The Morgan fingerprint density at radius 3 is 2.85 bits per heavy atom. The summed E-state index contributed by atoms with van der Waals surface area (Å²) in [5.74, 6) is -0.704. The zero-order chi connectivity index (χ0) is 19.6. The number of amides is 1. The van der Waals surface area contributed by atoms with Gasteiger partial charge in [-0.25, -0.2) is 4.79 Å². The van der Waals surface area contributed by atoms with Crippen LogP contribution in [0, 0.1) is 18.8 Å². The van der Waals surface area contributed by atoms with Crippen molar-refractivity contribution in [2.75, 3.05) is 19.8 Å². The average molecular weight is 375 g/mol. The molecule has 1 fully saturated rings. The minimum absolute atomic E-state index is 0.120. The first-order valence-electron chi connectivity index (χ1n) is 9.35. The van der Waals surface area contributed by atoms with Crippen LogP contribution in [-0.4, -0.2) is 49.9 Å². The SMILES string of the molecule is Cc1c(C(=O)N[C@H](C(=O)OC[C@@H]2CCOC2)C(C)C)ccc2c1B(O)OC2. The summed E-state index contributed by atoms with van der Waals surface area (Å²) in [6, 6.07) is 2.73. The summed E-state index contributed by atoms with van der Waals surface area (Å²) in [6.45, 7) is 7.42. The van der Waals surface area contributed by atoms with Crippen molar-refractivity contribution < 1.29 is 28.7 Å². The van der Waals surface area contributed by atoms with E-state index >= 15 is 0 Å². The Morgan fingerprint density at radius 1 is 1.41 bits per heavy atom. The first-order chi connectivity index (χ1) is 12.9. The van der Waals surface area contributed by atoms with Gasteiger partial charge in [-0.1, -0.05) is 19.9 Å². The molecule has 0 spiro atoms. The normalized spacial score (nSPS) is 19.9. The van der Waals surface area contributed by atoms with Crippen molar-refractivity contribution in [3.63, 3.8) is 0 Å². The van der Waals surface area contributed by atoms with Gasteiger partial charge in [0.1, 0.15) is 6.04 Å². The van der Waals surface area contributed by atoms with Gasteiger partial charge >= 0.3 is 13.1 Å². The summed E-state index contributed by atoms with van der Waals surface area (Å²) in [6.07, 6.45) is 0.880. The molecule has 0 bridgehead atoms. The van der Waals surface area contributed by atoms with E-state index in [1.807, 2.05) is 13.8 Å². The van der Waals surface area contributed by atoms with Crippen LogP contribution in [0.25, 0.3) is 0 Å². The highest BCUT2D eigenvalue weighted by molar-refractivity contribution is 6.62. The van der Waals surface area contributed by atoms with E-state index in [1.54, 1.807) is 19.1 Å². The summed E-state index contributed by atoms with van der Waals surface area (Å²) in [5.41, 5.74) is 2.58. The minimum atomic E-state index is -1.02. The lowest BCUT2D eigenvalue weighted by atomic mass is 9.75. The minimum Gasteiger partial charge on any atom is -0.464 e. The largest absolute Gasteiger partial charge is 0.492 e. The predicted molar refractivity (Wildman–Crippen MR) is 99.6 cm³/mol. The fourth-order valence-electron chi connectivity index (χ4n) is 3.47. The van der Waals surface area contributed by atoms with Crippen molar-refractivity contribution in [2.24, 2.45) is 11.8 Å². The van der Waals surface area contributed by atoms with Crippen molar-refractivity contribution in [3.05, 3.63) is 28.8 Å². The van der Waals surface area contributed by atoms with Gasteiger partial charge in [0.2, 0.25) is 0 Å². The molecule has 0 aromatic heterocycles. The number of carbonyl (C=O) groups is 2. The second-order valence-electron chi connectivity index (χ2n) is 7.53. The first-order valence-corrected chi connectivity index (χ1v) is 9.35. The molecule has 0 saturated carbocycles. The van der Waals surface area contributed by atoms with Crippen LogP contribution in [0.4, 0.5) is 0 Å². The summed E-state index contributed by atoms with van der Waals surface area (Å²) in [7, 11) is -1.02. The van der Waals surface area contributed by atoms with Crippen molar-refractivity contribution >= 4 is 24.5 Å². The Kier molecular flexibility index (Phi) is 6.19. The standard InChI is InChI=1S/C19H26BNO6/c1-11(2)17(19(23)26-9-13-6-7-25-8-13)21-18(22)15-5-4-14-10-27-20(24)16(14)12(15)3/h4-5,11,13,17,24H,6-10H2,1-3H3,(H,21,22)/t13-,17+/m1/s1. The van der Waals surface area contributed by atoms with Crippen molar-refractivity contribution in [2.45, 2.75) is 39.8 Å². The number of carbonyl (C=O) groups excluding carboxylic acids is 2. The van der Waals surface area contributed by atoms with E-state index in [0.29, 0.717) is 43.0 Å². The molecule has 2 atom stereocenters. The third-order valence-electron chi connectivity index (χ3n) is 5.19. The molecule has 1 saturated heterocycles. The highest BCUT2D eigenvalue weighted by Gasteiger charge is 2.33. The van der Waals surface area contributed by atoms with E-state index in [9.17, 15) is 14.6 Å². The number of fused-ring (bicyclic) bond motifs is 1. The lowest BCUT2D eigenvalue weighted by Gasteiger charge is -2.22. The number of esters is 1. The van der Waals surface area contributed by atoms with Crippen LogP contribution in [0.3, 0.4) is 0 Å². The van der Waals surface area contributed by atoms with Crippen LogP contribution in [0.1, 0.15) is 41.8 Å². The molecule has 2 aliphatic heterocycles. The number of rotatable bonds is 6. The Hall–Kier alpha value is -1.90. The van der Waals surface area contributed by atoms with Crippen LogP contribution in [-0.2, 0) is 25.5 Å². The van der Waals surface area contributed by atoms with Gasteiger partial charge in [-0.2, -0.15) is 0 Å². The molecule has 27 heavy (non-hydrogen) atoms. The maximum absolute atomic E-state index is 12.8. The molecular formula is C19H26BNO6. The highest BCUT2D eigenvalue weighted by Crippen LogP contribution is 2.18. The van der Waals surface area contributed by atoms with Crippen LogP contribution >= 0.6 is 0 Å². The third-order valence-corrected chi connectivity index (χ3v) is 5.19. The molecule has 0 radical (unpaired) electrons. The molecule has 2 N–H and O–H groups in total. The van der Waals surface area contributed by atoms with Crippen LogP contribution in [0.2, 0.25) is 0 Å². The van der Waals surface area contributed by atoms with E-state index in [1.165, 1.54) is 0 Å². The Labute approximate surface area is 159 Å². The zero-order valence-corrected chi connectivity index (χ0v) is 16.0. The molecule has 0 aliphatic carbocycles. The third kappa shape index (κ3) is 4.34. The number of benzene rings is 1. The second kappa shape index (κ2) is 8.41. The lowest BCUT2D eigenvalue weighted by Crippen LogP contribution is -2.46. The zero-order valence-electron chi connectivity index (χ0n) is 16.0. The molecule has 1 amide bonds. The van der Waals surface area contributed by atoms with Crippen LogP contribution in [0.5, 0.6) is 0 Å². The van der Waals surface area contributed by atoms with E-state index in [0.717, 1.165) is 12.0 Å². The molecule has 2 heterocycles. The van der Waals surface area contributed by atoms with Gasteiger partial charge in [-0.05, 0) is 41.9 Å². The van der Waals surface area contributed by atoms with E-state index < -0.39 is 19.1 Å². The monoisotopic (exact) mass is 375 g/mol. The Morgan fingerprint density at radius 2 is 2.19 bits per heavy atom. The van der Waals surface area contributed by atoms with Gasteiger partial charge in [0.05, 0.1) is 19.8 Å². The quantitative estimate of drug-likeness (QED) is 0.557. The molecule has 0 unspecified atom stereocenters. The maximum atomic E-state index is 12.8. The van der Waals surface area contributed by atoms with Crippen LogP contribution in [0.15, 0.2) is 12.1 Å². The Balaban J connectivity index is 1.68. The summed E-state index contributed by atoms with van der Waals surface area (Å²) < 4.78 is 15.9. The molecule has 1 aromatic rings. The van der Waals surface area contributed by atoms with Crippen molar-refractivity contribution in [1.82, 2.24) is 5.32 Å². The fraction of sp³-hybridized carbons (Fsp3) is 0.579. The molecule has 3 rings (SSSR count). The number of hydrogen-bond acceptors (Lipinski definition) is 6. The predicted octanol–water partition coefficient (Wildman–Crippen LogP) is 0.547. The maximum Gasteiger partial charge on any atom is 0.492 e. The number of nitrogens with one attached hydrogen (secondary N) is 1. The first kappa shape index (κ1) is 19.9. The summed E-state index contributed by atoms with van der Waals surface area (Å²) in [4.78, 5) is 25.3. The lowest BCUT2D eigenvalue weighted by molar-refractivity contribution is -0.148. The average Bonchev–Trinajstić information content (AvgIpc) is 3.27. The number of hydrogen-bond donors (Lipinski definition) is 2. The van der Waals surface area contributed by atoms with E-state index in [-0.39, 0.29) is 17.7 Å².